The van der Waals surface area contributed by atoms with Gasteiger partial charge in [-0.05, 0) is 53.9 Å². The minimum Gasteiger partial charge on any atom is -0.371 e. The van der Waals surface area contributed by atoms with Crippen LogP contribution < -0.4 is 0 Å². The van der Waals surface area contributed by atoms with Gasteiger partial charge in [0.05, 0.1) is 0 Å². The third-order valence-electron chi connectivity index (χ3n) is 4.06. The van der Waals surface area contributed by atoms with Crippen molar-refractivity contribution in [3.05, 3.63) is 0 Å². The van der Waals surface area contributed by atoms with E-state index in [1.54, 1.807) is 0 Å². The van der Waals surface area contributed by atoms with E-state index < -0.39 is 8.80 Å². The van der Waals surface area contributed by atoms with Crippen molar-refractivity contribution in [2.45, 2.75) is 104 Å². The Morgan fingerprint density at radius 2 is 1.19 bits per heavy atom. The van der Waals surface area contributed by atoms with Crippen molar-refractivity contribution < 1.29 is 13.3 Å². The minimum atomic E-state index is -2.68. The van der Waals surface area contributed by atoms with Crippen molar-refractivity contribution in [1.29, 1.82) is 0 Å². The van der Waals surface area contributed by atoms with E-state index in [-0.39, 0.29) is 18.3 Å². The van der Waals surface area contributed by atoms with E-state index in [0.29, 0.717) is 11.5 Å². The molecule has 0 aromatic carbocycles. The van der Waals surface area contributed by atoms with Gasteiger partial charge < -0.3 is 13.3 Å². The molecule has 0 N–H and O–H groups in total. The molecule has 0 heterocycles. The van der Waals surface area contributed by atoms with E-state index in [1.807, 2.05) is 0 Å². The minimum absolute atomic E-state index is 0.143. The molecule has 4 heteroatoms. The van der Waals surface area contributed by atoms with E-state index in [0.717, 1.165) is 6.42 Å². The second kappa shape index (κ2) is 8.66. The number of hydrogen-bond donors (Lipinski definition) is 0. The molecule has 1 rings (SSSR count). The molecule has 1 aliphatic carbocycles. The van der Waals surface area contributed by atoms with Gasteiger partial charge in [0.15, 0.2) is 0 Å². The van der Waals surface area contributed by atoms with Crippen LogP contribution in [-0.4, -0.2) is 27.1 Å². The van der Waals surface area contributed by atoms with Crippen LogP contribution in [0.4, 0.5) is 0 Å². The summed E-state index contributed by atoms with van der Waals surface area (Å²) in [6.45, 7) is 14.8. The Kier molecular flexibility index (Phi) is 7.89. The maximum absolute atomic E-state index is 6.42. The Bertz CT molecular complexity index is 259. The lowest BCUT2D eigenvalue weighted by molar-refractivity contribution is -0.0104. The summed E-state index contributed by atoms with van der Waals surface area (Å²) < 4.78 is 19.3. The van der Waals surface area contributed by atoms with Crippen LogP contribution in [0.1, 0.15) is 80.6 Å². The summed E-state index contributed by atoms with van der Waals surface area (Å²) in [4.78, 5) is 0. The normalized spacial score (nSPS) is 19.1. The lowest BCUT2D eigenvalue weighted by atomic mass is 10.0. The summed E-state index contributed by atoms with van der Waals surface area (Å²) in [6.07, 6.45) is 6.81. The van der Waals surface area contributed by atoms with Crippen LogP contribution in [0, 0.1) is 5.92 Å². The summed E-state index contributed by atoms with van der Waals surface area (Å²) in [7, 11) is -2.68. The van der Waals surface area contributed by atoms with E-state index in [9.17, 15) is 0 Å². The Labute approximate surface area is 133 Å². The molecule has 1 fully saturated rings. The van der Waals surface area contributed by atoms with Gasteiger partial charge in [-0.15, -0.1) is 0 Å². The highest BCUT2D eigenvalue weighted by molar-refractivity contribution is 6.62. The lowest BCUT2D eigenvalue weighted by Crippen LogP contribution is -2.55. The first-order valence-electron chi connectivity index (χ1n) is 8.84. The average Bonchev–Trinajstić information content (AvgIpc) is 2.79. The molecule has 0 aromatic rings. The zero-order valence-electron chi connectivity index (χ0n) is 15.1. The fraction of sp³-hybridized carbons (Fsp3) is 1.00. The maximum atomic E-state index is 6.42. The van der Waals surface area contributed by atoms with Gasteiger partial charge >= 0.3 is 8.80 Å². The average molecular weight is 317 g/mol. The molecule has 21 heavy (non-hydrogen) atoms. The van der Waals surface area contributed by atoms with Crippen LogP contribution in [0.2, 0.25) is 5.54 Å². The maximum Gasteiger partial charge on any atom is 0.505 e. The topological polar surface area (TPSA) is 27.7 Å². The zero-order valence-corrected chi connectivity index (χ0v) is 16.1. The first kappa shape index (κ1) is 19.1. The molecule has 1 atom stereocenters. The Hall–Kier alpha value is 0.0969. The van der Waals surface area contributed by atoms with Gasteiger partial charge in [-0.1, -0.05) is 32.6 Å². The molecular weight excluding hydrogens is 280 g/mol. The van der Waals surface area contributed by atoms with Gasteiger partial charge in [0, 0.05) is 23.9 Å². The van der Waals surface area contributed by atoms with Gasteiger partial charge in [0.25, 0.3) is 0 Å². The van der Waals surface area contributed by atoms with E-state index in [4.69, 9.17) is 13.3 Å². The predicted molar refractivity (Wildman–Crippen MR) is 90.4 cm³/mol. The van der Waals surface area contributed by atoms with Crippen molar-refractivity contribution >= 4 is 8.80 Å². The van der Waals surface area contributed by atoms with Crippen molar-refractivity contribution in [3.8, 4) is 0 Å². The molecule has 0 aromatic heterocycles. The molecule has 0 aliphatic heterocycles. The second-order valence-corrected chi connectivity index (χ2v) is 9.82. The summed E-state index contributed by atoms with van der Waals surface area (Å²) in [6, 6.07) is 0. The SMILES string of the molecule is CCC(C1CCCC1)[Si](OC(C)C)(OC(C)C)OC(C)C. The highest BCUT2D eigenvalue weighted by Crippen LogP contribution is 2.45. The van der Waals surface area contributed by atoms with E-state index in [1.165, 1.54) is 25.7 Å². The summed E-state index contributed by atoms with van der Waals surface area (Å²) in [5.41, 5.74) is 0.437. The third kappa shape index (κ3) is 5.66. The van der Waals surface area contributed by atoms with Crippen LogP contribution in [0.15, 0.2) is 0 Å². The number of hydrogen-bond acceptors (Lipinski definition) is 3. The molecule has 0 spiro atoms. The zero-order chi connectivity index (χ0) is 16.0. The van der Waals surface area contributed by atoms with Crippen molar-refractivity contribution in [3.63, 3.8) is 0 Å². The Morgan fingerprint density at radius 1 is 0.810 bits per heavy atom. The highest BCUT2D eigenvalue weighted by atomic mass is 28.4. The molecule has 0 amide bonds. The molecular formula is C17H36O3Si. The molecule has 0 saturated heterocycles. The van der Waals surface area contributed by atoms with Crippen LogP contribution >= 0.6 is 0 Å². The van der Waals surface area contributed by atoms with Crippen molar-refractivity contribution in [2.24, 2.45) is 5.92 Å². The molecule has 1 saturated carbocycles. The standard InChI is InChI=1S/C17H36O3Si/c1-8-17(16-11-9-10-12-16)21(18-13(2)3,19-14(4)5)20-15(6)7/h13-17H,8-12H2,1-7H3. The molecule has 0 radical (unpaired) electrons. The first-order chi connectivity index (χ1) is 9.80. The molecule has 1 unspecified atom stereocenters. The van der Waals surface area contributed by atoms with Gasteiger partial charge in [0.2, 0.25) is 0 Å². The highest BCUT2D eigenvalue weighted by Gasteiger charge is 2.54. The molecule has 1 aliphatic rings. The summed E-state index contributed by atoms with van der Waals surface area (Å²) >= 11 is 0. The van der Waals surface area contributed by atoms with Gasteiger partial charge in [-0.2, -0.15) is 0 Å². The Balaban J connectivity index is 3.08. The summed E-state index contributed by atoms with van der Waals surface area (Å²) in [5, 5.41) is 0. The van der Waals surface area contributed by atoms with Gasteiger partial charge in [-0.3, -0.25) is 0 Å². The van der Waals surface area contributed by atoms with Crippen LogP contribution in [-0.2, 0) is 13.3 Å². The second-order valence-electron chi connectivity index (χ2n) is 7.16. The largest absolute Gasteiger partial charge is 0.505 e. The molecule has 126 valence electrons. The van der Waals surface area contributed by atoms with Crippen molar-refractivity contribution in [1.82, 2.24) is 0 Å². The lowest BCUT2D eigenvalue weighted by Gasteiger charge is -2.41. The van der Waals surface area contributed by atoms with Crippen LogP contribution in [0.5, 0.6) is 0 Å². The number of rotatable bonds is 9. The molecule has 0 bridgehead atoms. The fourth-order valence-corrected chi connectivity index (χ4v) is 7.64. The monoisotopic (exact) mass is 316 g/mol. The van der Waals surface area contributed by atoms with Crippen molar-refractivity contribution in [2.75, 3.05) is 0 Å². The fourth-order valence-electron chi connectivity index (χ4n) is 3.56. The smallest absolute Gasteiger partial charge is 0.371 e. The third-order valence-corrected chi connectivity index (χ3v) is 8.25. The van der Waals surface area contributed by atoms with Gasteiger partial charge in [0.1, 0.15) is 0 Å². The predicted octanol–water partition coefficient (Wildman–Crippen LogP) is 5.17. The first-order valence-corrected chi connectivity index (χ1v) is 10.6. The summed E-state index contributed by atoms with van der Waals surface area (Å²) in [5.74, 6) is 0.706. The van der Waals surface area contributed by atoms with E-state index >= 15 is 0 Å². The van der Waals surface area contributed by atoms with Crippen LogP contribution in [0.3, 0.4) is 0 Å². The van der Waals surface area contributed by atoms with Crippen LogP contribution in [0.25, 0.3) is 0 Å². The Morgan fingerprint density at radius 3 is 1.48 bits per heavy atom. The quantitative estimate of drug-likeness (QED) is 0.549. The molecule has 3 nitrogen and oxygen atoms in total. The van der Waals surface area contributed by atoms with Gasteiger partial charge in [-0.25, -0.2) is 0 Å². The van der Waals surface area contributed by atoms with E-state index in [2.05, 4.69) is 48.5 Å².